The van der Waals surface area contributed by atoms with E-state index in [2.05, 4.69) is 23.5 Å². The van der Waals surface area contributed by atoms with Gasteiger partial charge in [-0.1, -0.05) is 62.4 Å². The van der Waals surface area contributed by atoms with Gasteiger partial charge < -0.3 is 14.7 Å². The molecule has 0 aliphatic rings. The Balaban J connectivity index is 0.000000302. The summed E-state index contributed by atoms with van der Waals surface area (Å²) in [5.74, 6) is 0. The van der Waals surface area contributed by atoms with Crippen molar-refractivity contribution in [3.8, 4) is 0 Å². The first-order valence-electron chi connectivity index (χ1n) is 13.4. The van der Waals surface area contributed by atoms with Crippen LogP contribution in [0.1, 0.15) is 13.8 Å². The van der Waals surface area contributed by atoms with Gasteiger partial charge in [0, 0.05) is 74.2 Å². The fourth-order valence-electron chi connectivity index (χ4n) is 4.72. The van der Waals surface area contributed by atoms with Gasteiger partial charge in [-0.05, 0) is 37.4 Å². The van der Waals surface area contributed by atoms with E-state index in [-0.39, 0.29) is 17.3 Å². The van der Waals surface area contributed by atoms with Crippen LogP contribution < -0.4 is 14.5 Å². The zero-order valence-electron chi connectivity index (χ0n) is 24.9. The van der Waals surface area contributed by atoms with Crippen molar-refractivity contribution in [2.75, 3.05) is 64.2 Å². The topological polar surface area (TPSA) is 110 Å². The lowest BCUT2D eigenvalue weighted by Crippen LogP contribution is -2.34. The molecule has 0 fully saturated rings. The predicted molar refractivity (Wildman–Crippen MR) is 177 cm³/mol. The molecule has 4 rings (SSSR count). The minimum atomic E-state index is -4.19. The second kappa shape index (κ2) is 15.0. The third-order valence-electron chi connectivity index (χ3n) is 6.86. The van der Waals surface area contributed by atoms with Crippen molar-refractivity contribution >= 4 is 65.5 Å². The Hall–Kier alpha value is -2.93. The van der Waals surface area contributed by atoms with Gasteiger partial charge in [0.2, 0.25) is 10.0 Å². The quantitative estimate of drug-likeness (QED) is 0.231. The molecule has 0 saturated heterocycles. The van der Waals surface area contributed by atoms with Crippen molar-refractivity contribution in [2.45, 2.75) is 23.6 Å². The van der Waals surface area contributed by atoms with Gasteiger partial charge in [-0.2, -0.15) is 8.42 Å². The molecule has 0 aliphatic heterocycles. The molecule has 9 nitrogen and oxygen atoms in total. The summed E-state index contributed by atoms with van der Waals surface area (Å²) < 4.78 is 59.9. The highest BCUT2D eigenvalue weighted by Gasteiger charge is 2.18. The molecular formula is C30H41ClN4O5S2. The standard InChI is InChI=1S/C18H27N3O2S.C12H13NO3S.ClH/c1-5-21(6-2)14-13-19-24(22,23)18-12-8-9-15-16(18)10-7-11-17(15)20(3)4;1-13(2)11-7-3-6-10-9(11)5-4-8-12(10)17(14,15)16;/h7-12,19H,5-6,13-14H2,1-4H3;3-8H,1-2H3,(H,14,15,16);1H. The molecule has 0 bridgehead atoms. The average Bonchev–Trinajstić information content (AvgIpc) is 2.93. The summed E-state index contributed by atoms with van der Waals surface area (Å²) in [6.07, 6.45) is 0. The van der Waals surface area contributed by atoms with Gasteiger partial charge in [0.15, 0.2) is 0 Å². The molecule has 42 heavy (non-hydrogen) atoms. The molecule has 12 heteroatoms. The number of halogens is 1. The molecule has 0 radical (unpaired) electrons. The zero-order valence-corrected chi connectivity index (χ0v) is 27.4. The molecule has 0 spiro atoms. The first kappa shape index (κ1) is 35.3. The summed E-state index contributed by atoms with van der Waals surface area (Å²) in [6.45, 7) is 7.10. The molecule has 0 atom stereocenters. The monoisotopic (exact) mass is 636 g/mol. The summed E-state index contributed by atoms with van der Waals surface area (Å²) in [5, 5.41) is 3.02. The average molecular weight is 637 g/mol. The van der Waals surface area contributed by atoms with Crippen LogP contribution in [0, 0.1) is 0 Å². The minimum Gasteiger partial charge on any atom is -0.377 e. The number of rotatable bonds is 10. The van der Waals surface area contributed by atoms with Crippen molar-refractivity contribution < 1.29 is 21.4 Å². The molecule has 4 aromatic carbocycles. The molecule has 230 valence electrons. The summed E-state index contributed by atoms with van der Waals surface area (Å²) in [4.78, 5) is 6.36. The van der Waals surface area contributed by atoms with Crippen LogP contribution >= 0.6 is 12.4 Å². The van der Waals surface area contributed by atoms with Gasteiger partial charge in [-0.15, -0.1) is 12.4 Å². The van der Waals surface area contributed by atoms with Gasteiger partial charge in [-0.25, -0.2) is 13.1 Å². The summed E-state index contributed by atoms with van der Waals surface area (Å²) in [7, 11) is -0.0461. The maximum absolute atomic E-state index is 12.7. The van der Waals surface area contributed by atoms with Crippen LogP contribution in [0.15, 0.2) is 82.6 Å². The lowest BCUT2D eigenvalue weighted by molar-refractivity contribution is 0.309. The van der Waals surface area contributed by atoms with Crippen LogP contribution in [0.5, 0.6) is 0 Å². The molecule has 4 aromatic rings. The lowest BCUT2D eigenvalue weighted by Gasteiger charge is -2.19. The number of sulfonamides is 1. The predicted octanol–water partition coefficient (Wildman–Crippen LogP) is 5.10. The van der Waals surface area contributed by atoms with Gasteiger partial charge in [0.1, 0.15) is 4.90 Å². The molecule has 2 N–H and O–H groups in total. The number of likely N-dealkylation sites (N-methyl/N-ethyl adjacent to an activating group) is 1. The molecule has 0 aliphatic carbocycles. The summed E-state index contributed by atoms with van der Waals surface area (Å²) in [6, 6.07) is 21.4. The number of nitrogens with one attached hydrogen (secondary N) is 1. The van der Waals surface area contributed by atoms with Crippen molar-refractivity contribution in [2.24, 2.45) is 0 Å². The second-order valence-electron chi connectivity index (χ2n) is 9.95. The van der Waals surface area contributed by atoms with Gasteiger partial charge in [0.25, 0.3) is 10.1 Å². The molecule has 0 amide bonds. The molecule has 0 unspecified atom stereocenters. The SMILES string of the molecule is CCN(CC)CCNS(=O)(=O)c1cccc2c(N(C)C)cccc12.CN(C)c1cccc2c(S(=O)(=O)O)cccc12.Cl. The van der Waals surface area contributed by atoms with E-state index in [1.54, 1.807) is 30.3 Å². The third-order valence-corrected chi connectivity index (χ3v) is 9.29. The Morgan fingerprint density at radius 1 is 0.643 bits per heavy atom. The maximum atomic E-state index is 12.7. The highest BCUT2D eigenvalue weighted by Crippen LogP contribution is 2.31. The number of anilines is 2. The Kier molecular flexibility index (Phi) is 12.6. The number of fused-ring (bicyclic) bond motifs is 2. The van der Waals surface area contributed by atoms with E-state index in [1.807, 2.05) is 74.4 Å². The normalized spacial score (nSPS) is 11.6. The summed E-state index contributed by atoms with van der Waals surface area (Å²) in [5.41, 5.74) is 1.92. The third kappa shape index (κ3) is 8.33. The van der Waals surface area contributed by atoms with Gasteiger partial charge >= 0.3 is 0 Å². The largest absolute Gasteiger partial charge is 0.377 e. The van der Waals surface area contributed by atoms with Crippen molar-refractivity contribution in [3.63, 3.8) is 0 Å². The first-order chi connectivity index (χ1) is 19.3. The van der Waals surface area contributed by atoms with E-state index in [0.717, 1.165) is 40.6 Å². The molecule has 0 heterocycles. The lowest BCUT2D eigenvalue weighted by atomic mass is 10.1. The van der Waals surface area contributed by atoms with Crippen LogP contribution in [0.4, 0.5) is 11.4 Å². The van der Waals surface area contributed by atoms with Crippen LogP contribution in [0.3, 0.4) is 0 Å². The van der Waals surface area contributed by atoms with Crippen molar-refractivity contribution in [3.05, 3.63) is 72.8 Å². The molecule has 0 saturated carbocycles. The number of nitrogens with zero attached hydrogens (tertiary/aromatic N) is 3. The Labute approximate surface area is 256 Å². The van der Waals surface area contributed by atoms with E-state index in [0.29, 0.717) is 23.4 Å². The van der Waals surface area contributed by atoms with E-state index in [9.17, 15) is 21.4 Å². The van der Waals surface area contributed by atoms with Gasteiger partial charge in [-0.3, -0.25) is 4.55 Å². The van der Waals surface area contributed by atoms with Crippen LogP contribution in [0.2, 0.25) is 0 Å². The highest BCUT2D eigenvalue weighted by molar-refractivity contribution is 7.89. The van der Waals surface area contributed by atoms with Gasteiger partial charge in [0.05, 0.1) is 4.90 Å². The summed E-state index contributed by atoms with van der Waals surface area (Å²) >= 11 is 0. The fourth-order valence-corrected chi connectivity index (χ4v) is 6.67. The highest BCUT2D eigenvalue weighted by atomic mass is 35.5. The number of benzene rings is 4. The fraction of sp³-hybridized carbons (Fsp3) is 0.333. The van der Waals surface area contributed by atoms with Crippen molar-refractivity contribution in [1.82, 2.24) is 9.62 Å². The zero-order chi connectivity index (χ0) is 30.4. The van der Waals surface area contributed by atoms with Crippen LogP contribution in [-0.2, 0) is 20.1 Å². The Bertz CT molecular complexity index is 1710. The van der Waals surface area contributed by atoms with E-state index >= 15 is 0 Å². The number of hydrogen-bond donors (Lipinski definition) is 2. The van der Waals surface area contributed by atoms with Crippen LogP contribution in [-0.4, -0.2) is 80.7 Å². The molecular weight excluding hydrogens is 596 g/mol. The Morgan fingerprint density at radius 2 is 1.05 bits per heavy atom. The van der Waals surface area contributed by atoms with E-state index < -0.39 is 20.1 Å². The Morgan fingerprint density at radius 3 is 1.48 bits per heavy atom. The maximum Gasteiger partial charge on any atom is 0.295 e. The molecule has 0 aromatic heterocycles. The second-order valence-corrected chi connectivity index (χ2v) is 13.1. The van der Waals surface area contributed by atoms with E-state index in [1.165, 1.54) is 6.07 Å². The number of hydrogen-bond acceptors (Lipinski definition) is 7. The van der Waals surface area contributed by atoms with E-state index in [4.69, 9.17) is 0 Å². The van der Waals surface area contributed by atoms with Crippen molar-refractivity contribution in [1.29, 1.82) is 0 Å². The minimum absolute atomic E-state index is 0. The smallest absolute Gasteiger partial charge is 0.295 e. The first-order valence-corrected chi connectivity index (χ1v) is 16.3. The van der Waals surface area contributed by atoms with Crippen LogP contribution in [0.25, 0.3) is 21.5 Å².